The minimum atomic E-state index is -3.62. The molecule has 0 aliphatic carbocycles. The standard InChI is InChI=1S/C27H37N3O5S/c1-21(22-6-9-24(10-7-22)29-14-4-3-5-15-29)28-27(31)13-8-23-20-25(11-12-26(23)34-2)36(32,33)30-16-18-35-19-17-30/h6-7,9-12,20-21H,3-5,8,13-19H2,1-2H3,(H,28,31)/t21-/m1/s1. The molecule has 2 aliphatic heterocycles. The molecule has 2 aliphatic rings. The minimum Gasteiger partial charge on any atom is -0.496 e. The Kier molecular flexibility index (Phi) is 8.87. The van der Waals surface area contributed by atoms with Crippen LogP contribution < -0.4 is 15.0 Å². The molecule has 0 saturated carbocycles. The lowest BCUT2D eigenvalue weighted by Crippen LogP contribution is -2.40. The molecule has 0 radical (unpaired) electrons. The van der Waals surface area contributed by atoms with Crippen LogP contribution in [0.5, 0.6) is 5.75 Å². The van der Waals surface area contributed by atoms with Crippen LogP contribution in [0.25, 0.3) is 0 Å². The summed E-state index contributed by atoms with van der Waals surface area (Å²) >= 11 is 0. The van der Waals surface area contributed by atoms with Crippen molar-refractivity contribution in [3.05, 3.63) is 53.6 Å². The molecular weight excluding hydrogens is 478 g/mol. The van der Waals surface area contributed by atoms with Crippen molar-refractivity contribution in [1.29, 1.82) is 0 Å². The van der Waals surface area contributed by atoms with Gasteiger partial charge >= 0.3 is 0 Å². The fraction of sp³-hybridized carbons (Fsp3) is 0.519. The molecule has 2 aromatic rings. The van der Waals surface area contributed by atoms with Gasteiger partial charge in [0, 0.05) is 38.3 Å². The average Bonchev–Trinajstić information content (AvgIpc) is 2.92. The van der Waals surface area contributed by atoms with E-state index in [1.54, 1.807) is 25.3 Å². The maximum absolute atomic E-state index is 13.1. The monoisotopic (exact) mass is 515 g/mol. The molecule has 1 N–H and O–H groups in total. The molecule has 1 amide bonds. The number of nitrogens with zero attached hydrogens (tertiary/aromatic N) is 2. The van der Waals surface area contributed by atoms with E-state index in [0.29, 0.717) is 44.0 Å². The molecule has 0 spiro atoms. The van der Waals surface area contributed by atoms with Crippen molar-refractivity contribution in [2.75, 3.05) is 51.4 Å². The zero-order valence-corrected chi connectivity index (χ0v) is 22.1. The highest BCUT2D eigenvalue weighted by molar-refractivity contribution is 7.89. The lowest BCUT2D eigenvalue weighted by atomic mass is 10.0. The lowest BCUT2D eigenvalue weighted by Gasteiger charge is -2.29. The molecule has 2 heterocycles. The van der Waals surface area contributed by atoms with Crippen LogP contribution in [0.2, 0.25) is 0 Å². The Hall–Kier alpha value is -2.62. The first-order valence-electron chi connectivity index (χ1n) is 12.8. The van der Waals surface area contributed by atoms with Crippen LogP contribution in [-0.2, 0) is 26.0 Å². The van der Waals surface area contributed by atoms with Gasteiger partial charge in [0.2, 0.25) is 15.9 Å². The van der Waals surface area contributed by atoms with Gasteiger partial charge in [-0.05, 0) is 74.1 Å². The maximum atomic E-state index is 13.1. The molecule has 4 rings (SSSR count). The molecule has 0 bridgehead atoms. The Morgan fingerprint density at radius 2 is 1.72 bits per heavy atom. The number of sulfonamides is 1. The second-order valence-electron chi connectivity index (χ2n) is 9.42. The lowest BCUT2D eigenvalue weighted by molar-refractivity contribution is -0.121. The predicted octanol–water partition coefficient (Wildman–Crippen LogP) is 3.52. The molecule has 1 atom stereocenters. The average molecular weight is 516 g/mol. The zero-order valence-electron chi connectivity index (χ0n) is 21.2. The minimum absolute atomic E-state index is 0.0916. The largest absolute Gasteiger partial charge is 0.496 e. The first kappa shape index (κ1) is 26.4. The maximum Gasteiger partial charge on any atom is 0.243 e. The van der Waals surface area contributed by atoms with Crippen LogP contribution in [0, 0.1) is 0 Å². The van der Waals surface area contributed by atoms with Gasteiger partial charge < -0.3 is 19.7 Å². The Bertz CT molecular complexity index is 1120. The van der Waals surface area contributed by atoms with E-state index in [9.17, 15) is 13.2 Å². The van der Waals surface area contributed by atoms with E-state index in [1.165, 1.54) is 29.3 Å². The van der Waals surface area contributed by atoms with E-state index in [4.69, 9.17) is 9.47 Å². The van der Waals surface area contributed by atoms with E-state index >= 15 is 0 Å². The first-order chi connectivity index (χ1) is 17.4. The van der Waals surface area contributed by atoms with Crippen molar-refractivity contribution in [2.45, 2.75) is 50.0 Å². The molecule has 0 unspecified atom stereocenters. The van der Waals surface area contributed by atoms with Gasteiger partial charge in [0.15, 0.2) is 0 Å². The van der Waals surface area contributed by atoms with E-state index < -0.39 is 10.0 Å². The number of carbonyl (C=O) groups is 1. The van der Waals surface area contributed by atoms with Crippen molar-refractivity contribution in [3.63, 3.8) is 0 Å². The van der Waals surface area contributed by atoms with Crippen LogP contribution in [0.3, 0.4) is 0 Å². The summed E-state index contributed by atoms with van der Waals surface area (Å²) in [6.45, 7) is 5.63. The van der Waals surface area contributed by atoms with Crippen LogP contribution >= 0.6 is 0 Å². The predicted molar refractivity (Wildman–Crippen MR) is 140 cm³/mol. The second-order valence-corrected chi connectivity index (χ2v) is 11.4. The van der Waals surface area contributed by atoms with Crippen molar-refractivity contribution in [2.24, 2.45) is 0 Å². The molecule has 36 heavy (non-hydrogen) atoms. The quantitative estimate of drug-likeness (QED) is 0.550. The summed E-state index contributed by atoms with van der Waals surface area (Å²) in [6, 6.07) is 13.1. The van der Waals surface area contributed by atoms with Gasteiger partial charge in [0.05, 0.1) is 31.3 Å². The summed E-state index contributed by atoms with van der Waals surface area (Å²) in [5, 5.41) is 3.07. The highest BCUT2D eigenvalue weighted by atomic mass is 32.2. The summed E-state index contributed by atoms with van der Waals surface area (Å²) in [4.78, 5) is 15.4. The van der Waals surface area contributed by atoms with Crippen LogP contribution in [0.15, 0.2) is 47.4 Å². The number of hydrogen-bond donors (Lipinski definition) is 1. The molecule has 0 aromatic heterocycles. The van der Waals surface area contributed by atoms with Crippen LogP contribution in [0.4, 0.5) is 5.69 Å². The van der Waals surface area contributed by atoms with Gasteiger partial charge in [-0.3, -0.25) is 4.79 Å². The fourth-order valence-corrected chi connectivity index (χ4v) is 6.28. The van der Waals surface area contributed by atoms with Crippen molar-refractivity contribution in [3.8, 4) is 5.75 Å². The first-order valence-corrected chi connectivity index (χ1v) is 14.2. The number of piperidine rings is 1. The van der Waals surface area contributed by atoms with Crippen molar-refractivity contribution in [1.82, 2.24) is 9.62 Å². The third-order valence-electron chi connectivity index (χ3n) is 6.97. The number of methoxy groups -OCH3 is 1. The van der Waals surface area contributed by atoms with E-state index in [1.807, 2.05) is 6.92 Å². The highest BCUT2D eigenvalue weighted by Gasteiger charge is 2.27. The van der Waals surface area contributed by atoms with E-state index in [0.717, 1.165) is 18.7 Å². The number of anilines is 1. The van der Waals surface area contributed by atoms with Crippen LogP contribution in [-0.4, -0.2) is 65.1 Å². The Morgan fingerprint density at radius 3 is 2.39 bits per heavy atom. The summed E-state index contributed by atoms with van der Waals surface area (Å²) in [6.07, 6.45) is 4.38. The number of amides is 1. The van der Waals surface area contributed by atoms with E-state index in [-0.39, 0.29) is 23.3 Å². The third kappa shape index (κ3) is 6.38. The van der Waals surface area contributed by atoms with Crippen molar-refractivity contribution >= 4 is 21.6 Å². The molecular formula is C27H37N3O5S. The third-order valence-corrected chi connectivity index (χ3v) is 8.87. The van der Waals surface area contributed by atoms with Crippen molar-refractivity contribution < 1.29 is 22.7 Å². The molecule has 196 valence electrons. The number of aryl methyl sites for hydroxylation is 1. The fourth-order valence-electron chi connectivity index (χ4n) is 4.82. The smallest absolute Gasteiger partial charge is 0.243 e. The molecule has 2 fully saturated rings. The molecule has 9 heteroatoms. The Morgan fingerprint density at radius 1 is 1.03 bits per heavy atom. The van der Waals surface area contributed by atoms with Gasteiger partial charge in [-0.2, -0.15) is 4.31 Å². The molecule has 8 nitrogen and oxygen atoms in total. The van der Waals surface area contributed by atoms with Gasteiger partial charge in [-0.25, -0.2) is 8.42 Å². The van der Waals surface area contributed by atoms with E-state index in [2.05, 4.69) is 34.5 Å². The number of benzene rings is 2. The number of carbonyl (C=O) groups excluding carboxylic acids is 1. The van der Waals surface area contributed by atoms with Gasteiger partial charge in [-0.15, -0.1) is 0 Å². The molecule has 2 aromatic carbocycles. The summed E-state index contributed by atoms with van der Waals surface area (Å²) in [7, 11) is -2.07. The zero-order chi connectivity index (χ0) is 25.5. The van der Waals surface area contributed by atoms with Gasteiger partial charge in [0.1, 0.15) is 5.75 Å². The number of hydrogen-bond acceptors (Lipinski definition) is 6. The van der Waals surface area contributed by atoms with Crippen LogP contribution in [0.1, 0.15) is 49.8 Å². The summed E-state index contributed by atoms with van der Waals surface area (Å²) in [5.74, 6) is 0.483. The Labute approximate surface area is 214 Å². The van der Waals surface area contributed by atoms with Gasteiger partial charge in [0.25, 0.3) is 0 Å². The number of morpholine rings is 1. The molecule has 2 saturated heterocycles. The second kappa shape index (κ2) is 12.1. The number of ether oxygens (including phenoxy) is 2. The highest BCUT2D eigenvalue weighted by Crippen LogP contribution is 2.27. The normalized spacial score (nSPS) is 18.0. The summed E-state index contributed by atoms with van der Waals surface area (Å²) in [5.41, 5.74) is 2.98. The van der Waals surface area contributed by atoms with Gasteiger partial charge in [-0.1, -0.05) is 12.1 Å². The number of nitrogens with one attached hydrogen (secondary N) is 1. The summed E-state index contributed by atoms with van der Waals surface area (Å²) < 4.78 is 38.3. The number of rotatable bonds is 9. The SMILES string of the molecule is COc1ccc(S(=O)(=O)N2CCOCC2)cc1CCC(=O)N[C@H](C)c1ccc(N2CCCCC2)cc1. The topological polar surface area (TPSA) is 88.2 Å². The Balaban J connectivity index is 1.36.